The van der Waals surface area contributed by atoms with Gasteiger partial charge in [0.15, 0.2) is 0 Å². The van der Waals surface area contributed by atoms with Crippen molar-refractivity contribution in [3.05, 3.63) is 53.9 Å². The van der Waals surface area contributed by atoms with E-state index in [0.717, 1.165) is 47.9 Å². The minimum Gasteiger partial charge on any atom is -0.388 e. The van der Waals surface area contributed by atoms with E-state index >= 15 is 0 Å². The van der Waals surface area contributed by atoms with Gasteiger partial charge in [0.25, 0.3) is 0 Å². The van der Waals surface area contributed by atoms with Crippen molar-refractivity contribution in [2.75, 3.05) is 25.6 Å². The third-order valence-electron chi connectivity index (χ3n) is 4.43. The van der Waals surface area contributed by atoms with Crippen molar-refractivity contribution in [3.8, 4) is 0 Å². The number of ether oxygens (including phenoxy) is 1. The third kappa shape index (κ3) is 10.6. The molecule has 0 spiro atoms. The highest BCUT2D eigenvalue weighted by molar-refractivity contribution is 5.84. The van der Waals surface area contributed by atoms with Crippen molar-refractivity contribution in [3.63, 3.8) is 0 Å². The lowest BCUT2D eigenvalue weighted by atomic mass is 9.98. The first-order valence-electron chi connectivity index (χ1n) is 11.5. The molecule has 1 aromatic heterocycles. The molecular formula is C26H45N3O. The summed E-state index contributed by atoms with van der Waals surface area (Å²) in [5.74, 6) is 0.898. The largest absolute Gasteiger partial charge is 0.388 e. The number of rotatable bonds is 10. The number of aryl methyl sites for hydroxylation is 1. The molecule has 4 nitrogen and oxygen atoms in total. The SMILES string of the molecule is C=C(c1cnn(CCOCCC)c1)c1cc(C)ccc1NC.CC.CCCC(C)C. The van der Waals surface area contributed by atoms with E-state index in [0.29, 0.717) is 6.61 Å². The number of benzene rings is 1. The standard InChI is InChI=1S/C18H25N3O.C6H14.C2H6/c1-5-9-22-10-8-21-13-16(12-20-21)15(3)17-11-14(2)6-7-18(17)19-4;1-4-5-6(2)3;1-2/h6-7,11-13,19H,3,5,8-10H2,1-2,4H3;6H,4-5H2,1-3H3;1-2H3. The maximum absolute atomic E-state index is 5.50. The van der Waals surface area contributed by atoms with E-state index in [2.05, 4.69) is 69.8 Å². The fourth-order valence-corrected chi connectivity index (χ4v) is 2.90. The van der Waals surface area contributed by atoms with E-state index in [-0.39, 0.29) is 0 Å². The summed E-state index contributed by atoms with van der Waals surface area (Å²) in [6.07, 6.45) is 7.64. The third-order valence-corrected chi connectivity index (χ3v) is 4.43. The van der Waals surface area contributed by atoms with Gasteiger partial charge in [-0.3, -0.25) is 4.68 Å². The summed E-state index contributed by atoms with van der Waals surface area (Å²) < 4.78 is 7.41. The Bertz CT molecular complexity index is 704. The number of anilines is 1. The summed E-state index contributed by atoms with van der Waals surface area (Å²) in [5.41, 5.74) is 5.43. The molecule has 1 heterocycles. The summed E-state index contributed by atoms with van der Waals surface area (Å²) in [7, 11) is 1.93. The summed E-state index contributed by atoms with van der Waals surface area (Å²) >= 11 is 0. The van der Waals surface area contributed by atoms with Crippen molar-refractivity contribution in [1.29, 1.82) is 0 Å². The molecule has 1 N–H and O–H groups in total. The maximum atomic E-state index is 5.50. The molecule has 0 saturated heterocycles. The molecule has 0 amide bonds. The van der Waals surface area contributed by atoms with E-state index in [1.165, 1.54) is 18.4 Å². The van der Waals surface area contributed by atoms with Gasteiger partial charge in [-0.25, -0.2) is 0 Å². The number of nitrogens with zero attached hydrogens (tertiary/aromatic N) is 2. The predicted octanol–water partition coefficient (Wildman–Crippen LogP) is 7.19. The number of hydrogen-bond acceptors (Lipinski definition) is 3. The van der Waals surface area contributed by atoms with Gasteiger partial charge >= 0.3 is 0 Å². The quantitative estimate of drug-likeness (QED) is 0.417. The molecule has 30 heavy (non-hydrogen) atoms. The van der Waals surface area contributed by atoms with Gasteiger partial charge in [-0.2, -0.15) is 5.10 Å². The highest BCUT2D eigenvalue weighted by atomic mass is 16.5. The monoisotopic (exact) mass is 415 g/mol. The van der Waals surface area contributed by atoms with E-state index < -0.39 is 0 Å². The van der Waals surface area contributed by atoms with E-state index in [1.54, 1.807) is 0 Å². The van der Waals surface area contributed by atoms with E-state index in [9.17, 15) is 0 Å². The molecule has 2 rings (SSSR count). The molecule has 170 valence electrons. The summed E-state index contributed by atoms with van der Waals surface area (Å²) in [4.78, 5) is 0. The Kier molecular flexibility index (Phi) is 15.5. The Labute approximate surface area is 185 Å². The van der Waals surface area contributed by atoms with Gasteiger partial charge in [0, 0.05) is 36.7 Å². The first kappa shape index (κ1) is 27.9. The van der Waals surface area contributed by atoms with Crippen molar-refractivity contribution in [1.82, 2.24) is 9.78 Å². The Balaban J connectivity index is 0.000000905. The number of hydrogen-bond donors (Lipinski definition) is 1. The van der Waals surface area contributed by atoms with Crippen LogP contribution in [-0.2, 0) is 11.3 Å². The minimum absolute atomic E-state index is 0.688. The average Bonchev–Trinajstić information content (AvgIpc) is 3.21. The molecule has 0 fully saturated rings. The Morgan fingerprint density at radius 2 is 1.87 bits per heavy atom. The predicted molar refractivity (Wildman–Crippen MR) is 133 cm³/mol. The van der Waals surface area contributed by atoms with Crippen LogP contribution in [0.1, 0.15) is 77.5 Å². The highest BCUT2D eigenvalue weighted by Gasteiger charge is 2.10. The Morgan fingerprint density at radius 3 is 2.40 bits per heavy atom. The van der Waals surface area contributed by atoms with Gasteiger partial charge in [0.05, 0.1) is 19.3 Å². The molecule has 0 aliphatic heterocycles. The molecule has 0 atom stereocenters. The van der Waals surface area contributed by atoms with Crippen molar-refractivity contribution in [2.45, 2.75) is 74.3 Å². The lowest BCUT2D eigenvalue weighted by Gasteiger charge is -2.11. The molecule has 0 unspecified atom stereocenters. The van der Waals surface area contributed by atoms with Crippen molar-refractivity contribution < 1.29 is 4.74 Å². The number of aromatic nitrogens is 2. The molecule has 0 radical (unpaired) electrons. The normalized spacial score (nSPS) is 10.0. The van der Waals surface area contributed by atoms with Crippen LogP contribution in [0.4, 0.5) is 5.69 Å². The van der Waals surface area contributed by atoms with Crippen molar-refractivity contribution >= 4 is 11.3 Å². The first-order chi connectivity index (χ1) is 14.4. The molecule has 0 aliphatic rings. The van der Waals surface area contributed by atoms with Crippen LogP contribution in [0.3, 0.4) is 0 Å². The molecule has 0 saturated carbocycles. The zero-order valence-corrected chi connectivity index (χ0v) is 20.7. The van der Waals surface area contributed by atoms with Gasteiger partial charge < -0.3 is 10.1 Å². The van der Waals surface area contributed by atoms with E-state index in [4.69, 9.17) is 4.74 Å². The summed E-state index contributed by atoms with van der Waals surface area (Å²) in [6.45, 7) is 21.4. The lowest BCUT2D eigenvalue weighted by molar-refractivity contribution is 0.124. The van der Waals surface area contributed by atoms with Gasteiger partial charge in [-0.15, -0.1) is 0 Å². The maximum Gasteiger partial charge on any atom is 0.0662 e. The van der Waals surface area contributed by atoms with Crippen LogP contribution >= 0.6 is 0 Å². The zero-order chi connectivity index (χ0) is 22.9. The molecule has 1 aromatic carbocycles. The molecule has 0 bridgehead atoms. The zero-order valence-electron chi connectivity index (χ0n) is 20.7. The molecule has 2 aromatic rings. The fraction of sp³-hybridized carbons (Fsp3) is 0.577. The van der Waals surface area contributed by atoms with Gasteiger partial charge in [0.1, 0.15) is 0 Å². The minimum atomic E-state index is 0.688. The van der Waals surface area contributed by atoms with Crippen LogP contribution in [0.2, 0.25) is 0 Å². The van der Waals surface area contributed by atoms with Gasteiger partial charge in [-0.1, -0.05) is 72.6 Å². The fourth-order valence-electron chi connectivity index (χ4n) is 2.90. The van der Waals surface area contributed by atoms with Crippen LogP contribution in [0.25, 0.3) is 5.57 Å². The van der Waals surface area contributed by atoms with Crippen LogP contribution in [0.15, 0.2) is 37.2 Å². The number of nitrogens with one attached hydrogen (secondary N) is 1. The van der Waals surface area contributed by atoms with Crippen LogP contribution in [0.5, 0.6) is 0 Å². The topological polar surface area (TPSA) is 39.1 Å². The van der Waals surface area contributed by atoms with Crippen LogP contribution in [-0.4, -0.2) is 30.0 Å². The van der Waals surface area contributed by atoms with Crippen molar-refractivity contribution in [2.24, 2.45) is 5.92 Å². The first-order valence-corrected chi connectivity index (χ1v) is 11.5. The second-order valence-electron chi connectivity index (χ2n) is 7.56. The van der Waals surface area contributed by atoms with Gasteiger partial charge in [0.2, 0.25) is 0 Å². The van der Waals surface area contributed by atoms with E-state index in [1.807, 2.05) is 38.0 Å². The summed E-state index contributed by atoms with van der Waals surface area (Å²) in [5, 5.41) is 7.61. The van der Waals surface area contributed by atoms with Gasteiger partial charge in [-0.05, 0) is 37.0 Å². The Morgan fingerprint density at radius 1 is 1.17 bits per heavy atom. The second kappa shape index (κ2) is 16.7. The van der Waals surface area contributed by atoms with Crippen LogP contribution < -0.4 is 5.32 Å². The van der Waals surface area contributed by atoms with Crippen LogP contribution in [0, 0.1) is 12.8 Å². The lowest BCUT2D eigenvalue weighted by Crippen LogP contribution is -2.06. The smallest absolute Gasteiger partial charge is 0.0662 e. The molecule has 4 heteroatoms. The Hall–Kier alpha value is -2.07. The second-order valence-corrected chi connectivity index (χ2v) is 7.56. The summed E-state index contributed by atoms with van der Waals surface area (Å²) in [6, 6.07) is 6.33. The average molecular weight is 416 g/mol. The molecular weight excluding hydrogens is 370 g/mol. The molecule has 0 aliphatic carbocycles. The highest BCUT2D eigenvalue weighted by Crippen LogP contribution is 2.28.